The van der Waals surface area contributed by atoms with Crippen molar-refractivity contribution in [2.75, 3.05) is 32.7 Å². The summed E-state index contributed by atoms with van der Waals surface area (Å²) in [5.74, 6) is 0.836. The summed E-state index contributed by atoms with van der Waals surface area (Å²) in [5, 5.41) is 0. The van der Waals surface area contributed by atoms with Crippen LogP contribution in [0.15, 0.2) is 0 Å². The van der Waals surface area contributed by atoms with E-state index < -0.39 is 12.6 Å². The van der Waals surface area contributed by atoms with Gasteiger partial charge in [0.15, 0.2) is 0 Å². The van der Waals surface area contributed by atoms with Crippen LogP contribution < -0.4 is 0 Å². The smallest absolute Gasteiger partial charge is 0.300 e. The van der Waals surface area contributed by atoms with Crippen molar-refractivity contribution >= 4 is 0 Å². The molecule has 2 aliphatic rings. The van der Waals surface area contributed by atoms with Gasteiger partial charge in [0.2, 0.25) is 0 Å². The van der Waals surface area contributed by atoms with Gasteiger partial charge in [0.1, 0.15) is 0 Å². The van der Waals surface area contributed by atoms with Gasteiger partial charge in [-0.05, 0) is 18.8 Å². The molecule has 5 heteroatoms. The Morgan fingerprint density at radius 2 is 1.65 bits per heavy atom. The van der Waals surface area contributed by atoms with E-state index in [2.05, 4.69) is 11.8 Å². The third-order valence-electron chi connectivity index (χ3n) is 3.98. The number of hydrogen-bond acceptors (Lipinski definition) is 2. The number of hydrogen-bond donors (Lipinski definition) is 0. The molecule has 2 fully saturated rings. The molecule has 1 aliphatic heterocycles. The van der Waals surface area contributed by atoms with Gasteiger partial charge in [0.05, 0.1) is 6.42 Å². The first-order valence-corrected chi connectivity index (χ1v) is 6.47. The lowest BCUT2D eigenvalue weighted by atomic mass is 9.80. The Morgan fingerprint density at radius 3 is 2.12 bits per heavy atom. The van der Waals surface area contributed by atoms with Gasteiger partial charge in [-0.25, -0.2) is 0 Å². The summed E-state index contributed by atoms with van der Waals surface area (Å²) in [6.07, 6.45) is -2.15. The predicted molar refractivity (Wildman–Crippen MR) is 60.9 cm³/mol. The molecule has 1 saturated heterocycles. The highest BCUT2D eigenvalue weighted by Crippen LogP contribution is 2.31. The molecule has 0 aromatic carbocycles. The summed E-state index contributed by atoms with van der Waals surface area (Å²) in [6, 6.07) is 0.703. The molecule has 0 amide bonds. The maximum absolute atomic E-state index is 12.1. The molecule has 0 aromatic rings. The van der Waals surface area contributed by atoms with Gasteiger partial charge in [-0.1, -0.05) is 6.92 Å². The maximum Gasteiger partial charge on any atom is 0.390 e. The van der Waals surface area contributed by atoms with Crippen LogP contribution >= 0.6 is 0 Å². The highest BCUT2D eigenvalue weighted by Gasteiger charge is 2.33. The summed E-state index contributed by atoms with van der Waals surface area (Å²) < 4.78 is 36.3. The number of piperazine rings is 1. The Hall–Kier alpha value is -0.290. The maximum atomic E-state index is 12.1. The Kier molecular flexibility index (Phi) is 3.98. The van der Waals surface area contributed by atoms with Gasteiger partial charge in [0.25, 0.3) is 0 Å². The molecule has 1 heterocycles. The normalized spacial score (nSPS) is 32.5. The Balaban J connectivity index is 1.64. The van der Waals surface area contributed by atoms with Gasteiger partial charge in [-0.15, -0.1) is 0 Å². The molecule has 0 bridgehead atoms. The van der Waals surface area contributed by atoms with E-state index in [0.717, 1.165) is 32.1 Å². The molecular formula is C12H21F3N2. The van der Waals surface area contributed by atoms with Gasteiger partial charge in [-0.2, -0.15) is 13.2 Å². The number of halogens is 3. The van der Waals surface area contributed by atoms with Crippen molar-refractivity contribution in [3.8, 4) is 0 Å². The largest absolute Gasteiger partial charge is 0.390 e. The predicted octanol–water partition coefficient (Wildman–Crippen LogP) is 2.35. The van der Waals surface area contributed by atoms with Crippen molar-refractivity contribution in [3.63, 3.8) is 0 Å². The SMILES string of the molecule is CC1CC(N2CCN(CCC(F)(F)F)CC2)C1. The first-order chi connectivity index (χ1) is 7.94. The van der Waals surface area contributed by atoms with E-state index in [4.69, 9.17) is 0 Å². The number of nitrogens with zero attached hydrogens (tertiary/aromatic N) is 2. The first-order valence-electron chi connectivity index (χ1n) is 6.47. The van der Waals surface area contributed by atoms with Crippen LogP contribution in [0.25, 0.3) is 0 Å². The van der Waals surface area contributed by atoms with Crippen molar-refractivity contribution in [1.29, 1.82) is 0 Å². The zero-order valence-electron chi connectivity index (χ0n) is 10.3. The minimum atomic E-state index is -4.01. The molecule has 1 saturated carbocycles. The lowest BCUT2D eigenvalue weighted by molar-refractivity contribution is -0.139. The van der Waals surface area contributed by atoms with Crippen LogP contribution in [-0.4, -0.2) is 54.7 Å². The fourth-order valence-electron chi connectivity index (χ4n) is 2.80. The molecule has 1 aliphatic carbocycles. The quantitative estimate of drug-likeness (QED) is 0.758. The van der Waals surface area contributed by atoms with Crippen molar-refractivity contribution in [2.24, 2.45) is 5.92 Å². The summed E-state index contributed by atoms with van der Waals surface area (Å²) in [7, 11) is 0. The molecule has 0 aromatic heterocycles. The Labute approximate surface area is 101 Å². The van der Waals surface area contributed by atoms with Crippen LogP contribution in [0.5, 0.6) is 0 Å². The van der Waals surface area contributed by atoms with E-state index in [1.807, 2.05) is 4.90 Å². The van der Waals surface area contributed by atoms with Crippen LogP contribution in [-0.2, 0) is 0 Å². The summed E-state index contributed by atoms with van der Waals surface area (Å²) in [6.45, 7) is 5.89. The van der Waals surface area contributed by atoms with Crippen molar-refractivity contribution in [2.45, 2.75) is 38.4 Å². The zero-order valence-corrected chi connectivity index (χ0v) is 10.3. The zero-order chi connectivity index (χ0) is 12.5. The second-order valence-corrected chi connectivity index (χ2v) is 5.47. The lowest BCUT2D eigenvalue weighted by Crippen LogP contribution is -2.54. The van der Waals surface area contributed by atoms with Crippen LogP contribution in [0.2, 0.25) is 0 Å². The van der Waals surface area contributed by atoms with Crippen LogP contribution in [0.1, 0.15) is 26.2 Å². The average Bonchev–Trinajstić information content (AvgIpc) is 2.22. The topological polar surface area (TPSA) is 6.48 Å². The molecule has 0 spiro atoms. The summed E-state index contributed by atoms with van der Waals surface area (Å²) in [5.41, 5.74) is 0. The molecular weight excluding hydrogens is 229 g/mol. The summed E-state index contributed by atoms with van der Waals surface area (Å²) >= 11 is 0. The fourth-order valence-corrected chi connectivity index (χ4v) is 2.80. The van der Waals surface area contributed by atoms with E-state index in [0.29, 0.717) is 6.04 Å². The van der Waals surface area contributed by atoms with Crippen LogP contribution in [0.4, 0.5) is 13.2 Å². The van der Waals surface area contributed by atoms with Gasteiger partial charge >= 0.3 is 6.18 Å². The monoisotopic (exact) mass is 250 g/mol. The van der Waals surface area contributed by atoms with Crippen molar-refractivity contribution in [3.05, 3.63) is 0 Å². The van der Waals surface area contributed by atoms with Gasteiger partial charge in [-0.3, -0.25) is 4.90 Å². The van der Waals surface area contributed by atoms with Crippen molar-refractivity contribution < 1.29 is 13.2 Å². The van der Waals surface area contributed by atoms with Gasteiger partial charge in [0, 0.05) is 38.8 Å². The third-order valence-corrected chi connectivity index (χ3v) is 3.98. The third kappa shape index (κ3) is 3.85. The highest BCUT2D eigenvalue weighted by atomic mass is 19.4. The molecule has 2 rings (SSSR count). The standard InChI is InChI=1S/C12H21F3N2/c1-10-8-11(9-10)17-6-4-16(5-7-17)3-2-12(13,14)15/h10-11H,2-9H2,1H3. The first kappa shape index (κ1) is 13.1. The van der Waals surface area contributed by atoms with Crippen LogP contribution in [0, 0.1) is 5.92 Å². The minimum Gasteiger partial charge on any atom is -0.300 e. The van der Waals surface area contributed by atoms with Crippen molar-refractivity contribution in [1.82, 2.24) is 9.80 Å². The highest BCUT2D eigenvalue weighted by molar-refractivity contribution is 4.87. The molecule has 2 nitrogen and oxygen atoms in total. The molecule has 0 radical (unpaired) electrons. The van der Waals surface area contributed by atoms with E-state index >= 15 is 0 Å². The molecule has 0 N–H and O–H groups in total. The van der Waals surface area contributed by atoms with E-state index in [9.17, 15) is 13.2 Å². The average molecular weight is 250 g/mol. The second-order valence-electron chi connectivity index (χ2n) is 5.47. The molecule has 0 atom stereocenters. The van der Waals surface area contributed by atoms with Gasteiger partial charge < -0.3 is 4.90 Å². The number of alkyl halides is 3. The summed E-state index contributed by atoms with van der Waals surface area (Å²) in [4.78, 5) is 4.39. The second kappa shape index (κ2) is 5.14. The number of rotatable bonds is 3. The molecule has 17 heavy (non-hydrogen) atoms. The Bertz CT molecular complexity index is 241. The minimum absolute atomic E-state index is 0.165. The fraction of sp³-hybridized carbons (Fsp3) is 1.00. The van der Waals surface area contributed by atoms with E-state index in [1.165, 1.54) is 12.8 Å². The molecule has 0 unspecified atom stereocenters. The Morgan fingerprint density at radius 1 is 1.06 bits per heavy atom. The van der Waals surface area contributed by atoms with E-state index in [-0.39, 0.29) is 6.54 Å². The van der Waals surface area contributed by atoms with E-state index in [1.54, 1.807) is 0 Å². The molecule has 100 valence electrons. The van der Waals surface area contributed by atoms with Crippen LogP contribution in [0.3, 0.4) is 0 Å². The lowest BCUT2D eigenvalue weighted by Gasteiger charge is -2.45.